The molecule has 2 aromatic rings. The molecule has 0 saturated carbocycles. The monoisotopic (exact) mass is 242 g/mol. The van der Waals surface area contributed by atoms with Crippen molar-refractivity contribution in [2.45, 2.75) is 6.92 Å². The lowest BCUT2D eigenvalue weighted by Gasteiger charge is -2.02. The van der Waals surface area contributed by atoms with E-state index in [1.54, 1.807) is 24.5 Å². The van der Waals surface area contributed by atoms with E-state index >= 15 is 0 Å². The van der Waals surface area contributed by atoms with Gasteiger partial charge in [0.25, 0.3) is 0 Å². The standard InChI is InChI=1S/C12H10N4S/c1-8-16-11(7-17-8)12(14)10(6-13)9-2-4-15-5-3-9/h2-5,7H,14H2,1H3/b12-10+. The normalized spacial score (nSPS) is 11.8. The summed E-state index contributed by atoms with van der Waals surface area (Å²) in [6, 6.07) is 5.63. The molecular weight excluding hydrogens is 232 g/mol. The molecule has 0 fully saturated rings. The van der Waals surface area contributed by atoms with Crippen molar-refractivity contribution in [3.05, 3.63) is 46.2 Å². The maximum Gasteiger partial charge on any atom is 0.102 e. The van der Waals surface area contributed by atoms with Gasteiger partial charge in [-0.1, -0.05) is 0 Å². The molecule has 0 aliphatic rings. The zero-order chi connectivity index (χ0) is 12.3. The number of rotatable bonds is 2. The SMILES string of the molecule is Cc1nc(/C(N)=C(/C#N)c2ccncc2)cs1. The summed E-state index contributed by atoms with van der Waals surface area (Å²) in [6.07, 6.45) is 3.26. The van der Waals surface area contributed by atoms with Crippen LogP contribution >= 0.6 is 11.3 Å². The topological polar surface area (TPSA) is 75.6 Å². The largest absolute Gasteiger partial charge is 0.396 e. The van der Waals surface area contributed by atoms with Crippen molar-refractivity contribution in [3.8, 4) is 6.07 Å². The highest BCUT2D eigenvalue weighted by Crippen LogP contribution is 2.22. The molecule has 17 heavy (non-hydrogen) atoms. The fraction of sp³-hybridized carbons (Fsp3) is 0.0833. The molecule has 0 saturated heterocycles. The van der Waals surface area contributed by atoms with Gasteiger partial charge < -0.3 is 5.73 Å². The van der Waals surface area contributed by atoms with Crippen molar-refractivity contribution in [3.63, 3.8) is 0 Å². The summed E-state index contributed by atoms with van der Waals surface area (Å²) in [5.74, 6) is 0. The van der Waals surface area contributed by atoms with E-state index in [1.807, 2.05) is 12.3 Å². The molecule has 0 atom stereocenters. The van der Waals surface area contributed by atoms with Crippen molar-refractivity contribution in [2.75, 3.05) is 0 Å². The van der Waals surface area contributed by atoms with Crippen LogP contribution in [0.2, 0.25) is 0 Å². The second-order valence-electron chi connectivity index (χ2n) is 3.39. The van der Waals surface area contributed by atoms with Crippen LogP contribution in [0.3, 0.4) is 0 Å². The highest BCUT2D eigenvalue weighted by Gasteiger charge is 2.10. The number of nitrogens with zero attached hydrogens (tertiary/aromatic N) is 3. The van der Waals surface area contributed by atoms with Gasteiger partial charge in [-0.2, -0.15) is 5.26 Å². The van der Waals surface area contributed by atoms with E-state index in [1.165, 1.54) is 11.3 Å². The van der Waals surface area contributed by atoms with Gasteiger partial charge in [-0.25, -0.2) is 4.98 Å². The van der Waals surface area contributed by atoms with Gasteiger partial charge >= 0.3 is 0 Å². The molecule has 0 aliphatic carbocycles. The Hall–Kier alpha value is -2.19. The van der Waals surface area contributed by atoms with Gasteiger partial charge in [-0.05, 0) is 24.6 Å². The van der Waals surface area contributed by atoms with Crippen molar-refractivity contribution in [1.82, 2.24) is 9.97 Å². The third-order valence-corrected chi connectivity index (χ3v) is 3.02. The first-order chi connectivity index (χ1) is 8.22. The molecule has 0 aromatic carbocycles. The molecule has 2 heterocycles. The van der Waals surface area contributed by atoms with Crippen molar-refractivity contribution < 1.29 is 0 Å². The molecule has 84 valence electrons. The van der Waals surface area contributed by atoms with Gasteiger partial charge in [0.15, 0.2) is 0 Å². The predicted molar refractivity (Wildman–Crippen MR) is 67.7 cm³/mol. The maximum absolute atomic E-state index is 9.19. The Bertz CT molecular complexity index is 592. The van der Waals surface area contributed by atoms with E-state index in [4.69, 9.17) is 5.73 Å². The van der Waals surface area contributed by atoms with Crippen molar-refractivity contribution in [2.24, 2.45) is 5.73 Å². The van der Waals surface area contributed by atoms with E-state index in [-0.39, 0.29) is 0 Å². The number of pyridine rings is 1. The second kappa shape index (κ2) is 4.76. The first kappa shape index (κ1) is 11.3. The first-order valence-electron chi connectivity index (χ1n) is 4.95. The average molecular weight is 242 g/mol. The first-order valence-corrected chi connectivity index (χ1v) is 5.83. The van der Waals surface area contributed by atoms with Crippen molar-refractivity contribution >= 4 is 22.6 Å². The predicted octanol–water partition coefficient (Wildman–Crippen LogP) is 2.20. The number of nitriles is 1. The minimum Gasteiger partial charge on any atom is -0.396 e. The average Bonchev–Trinajstić information content (AvgIpc) is 2.78. The lowest BCUT2D eigenvalue weighted by atomic mass is 10.1. The molecule has 2 N–H and O–H groups in total. The number of allylic oxidation sites excluding steroid dienone is 1. The molecule has 0 spiro atoms. The third kappa shape index (κ3) is 2.32. The molecular formula is C12H10N4S. The number of thiazole rings is 1. The third-order valence-electron chi connectivity index (χ3n) is 2.25. The molecule has 0 amide bonds. The Morgan fingerprint density at radius 2 is 2.12 bits per heavy atom. The molecule has 4 nitrogen and oxygen atoms in total. The van der Waals surface area contributed by atoms with Crippen LogP contribution in [-0.2, 0) is 0 Å². The minimum absolute atomic E-state index is 0.406. The van der Waals surface area contributed by atoms with Gasteiger partial charge in [-0.15, -0.1) is 11.3 Å². The smallest absolute Gasteiger partial charge is 0.102 e. The lowest BCUT2D eigenvalue weighted by molar-refractivity contribution is 1.24. The van der Waals surface area contributed by atoms with Gasteiger partial charge in [0.05, 0.1) is 22.0 Å². The van der Waals surface area contributed by atoms with Crippen molar-refractivity contribution in [1.29, 1.82) is 5.26 Å². The zero-order valence-corrected chi connectivity index (χ0v) is 10.0. The summed E-state index contributed by atoms with van der Waals surface area (Å²) in [7, 11) is 0. The van der Waals surface area contributed by atoms with E-state index in [9.17, 15) is 5.26 Å². The van der Waals surface area contributed by atoms with Crippen LogP contribution in [0, 0.1) is 18.3 Å². The quantitative estimate of drug-likeness (QED) is 0.819. The van der Waals surface area contributed by atoms with Gasteiger partial charge in [0, 0.05) is 17.8 Å². The van der Waals surface area contributed by atoms with Crippen LogP contribution in [0.5, 0.6) is 0 Å². The number of nitrogens with two attached hydrogens (primary N) is 1. The van der Waals surface area contributed by atoms with Crippen LogP contribution in [-0.4, -0.2) is 9.97 Å². The molecule has 0 bridgehead atoms. The highest BCUT2D eigenvalue weighted by atomic mass is 32.1. The number of aromatic nitrogens is 2. The van der Waals surface area contributed by atoms with E-state index < -0.39 is 0 Å². The summed E-state index contributed by atoms with van der Waals surface area (Å²) in [5, 5.41) is 12.0. The van der Waals surface area contributed by atoms with Crippen LogP contribution < -0.4 is 5.73 Å². The van der Waals surface area contributed by atoms with Crippen LogP contribution in [0.15, 0.2) is 29.9 Å². The summed E-state index contributed by atoms with van der Waals surface area (Å²) in [6.45, 7) is 1.90. The van der Waals surface area contributed by atoms with Gasteiger partial charge in [0.1, 0.15) is 6.07 Å². The Labute approximate surface area is 103 Å². The molecule has 0 unspecified atom stereocenters. The molecule has 0 aliphatic heterocycles. The second-order valence-corrected chi connectivity index (χ2v) is 4.45. The zero-order valence-electron chi connectivity index (χ0n) is 9.21. The Morgan fingerprint density at radius 1 is 1.41 bits per heavy atom. The van der Waals surface area contributed by atoms with Gasteiger partial charge in [0.2, 0.25) is 0 Å². The number of hydrogen-bond donors (Lipinski definition) is 1. The molecule has 2 rings (SSSR count). The Morgan fingerprint density at radius 3 is 2.65 bits per heavy atom. The summed E-state index contributed by atoms with van der Waals surface area (Å²) < 4.78 is 0. The Balaban J connectivity index is 2.52. The molecule has 2 aromatic heterocycles. The van der Waals surface area contributed by atoms with Crippen LogP contribution in [0.25, 0.3) is 11.3 Å². The number of aryl methyl sites for hydroxylation is 1. The van der Waals surface area contributed by atoms with E-state index in [0.29, 0.717) is 17.0 Å². The van der Waals surface area contributed by atoms with Gasteiger partial charge in [-0.3, -0.25) is 4.98 Å². The minimum atomic E-state index is 0.406. The molecule has 0 radical (unpaired) electrons. The van der Waals surface area contributed by atoms with E-state index in [0.717, 1.165) is 10.6 Å². The van der Waals surface area contributed by atoms with E-state index in [2.05, 4.69) is 16.0 Å². The molecule has 5 heteroatoms. The Kier molecular flexibility index (Phi) is 3.17. The van der Waals surface area contributed by atoms with Crippen LogP contribution in [0.1, 0.15) is 16.3 Å². The van der Waals surface area contributed by atoms with Crippen LogP contribution in [0.4, 0.5) is 0 Å². The highest BCUT2D eigenvalue weighted by molar-refractivity contribution is 7.09. The summed E-state index contributed by atoms with van der Waals surface area (Å²) >= 11 is 1.51. The fourth-order valence-electron chi connectivity index (χ4n) is 1.41. The summed E-state index contributed by atoms with van der Waals surface area (Å²) in [4.78, 5) is 8.19. The fourth-order valence-corrected chi connectivity index (χ4v) is 2.03. The lowest BCUT2D eigenvalue weighted by Crippen LogP contribution is -2.01. The summed E-state index contributed by atoms with van der Waals surface area (Å²) in [5.41, 5.74) is 8.22. The maximum atomic E-state index is 9.19. The number of hydrogen-bond acceptors (Lipinski definition) is 5.